The normalized spacial score (nSPS) is 24.9. The maximum absolute atomic E-state index is 11.6. The van der Waals surface area contributed by atoms with Gasteiger partial charge in [0, 0.05) is 17.9 Å². The number of rotatable bonds is 4. The Morgan fingerprint density at radius 1 is 1.27 bits per heavy atom. The highest BCUT2D eigenvalue weighted by atomic mass is 16.3. The van der Waals surface area contributed by atoms with E-state index < -0.39 is 0 Å². The summed E-state index contributed by atoms with van der Waals surface area (Å²) in [5.41, 5.74) is -0.000588. The quantitative estimate of drug-likeness (QED) is 0.739. The first-order chi connectivity index (χ1) is 7.26. The van der Waals surface area contributed by atoms with Crippen molar-refractivity contribution in [2.45, 2.75) is 44.9 Å². The van der Waals surface area contributed by atoms with Crippen LogP contribution in [-0.2, 0) is 4.79 Å². The molecule has 2 fully saturated rings. The summed E-state index contributed by atoms with van der Waals surface area (Å²) < 4.78 is 0. The van der Waals surface area contributed by atoms with Crippen LogP contribution in [0.2, 0.25) is 0 Å². The first kappa shape index (κ1) is 10.9. The van der Waals surface area contributed by atoms with Gasteiger partial charge in [0.2, 0.25) is 5.91 Å². The molecule has 2 aliphatic rings. The lowest BCUT2D eigenvalue weighted by Gasteiger charge is -2.30. The Hall–Kier alpha value is -0.570. The molecule has 0 atom stereocenters. The van der Waals surface area contributed by atoms with E-state index in [1.807, 2.05) is 0 Å². The van der Waals surface area contributed by atoms with Crippen LogP contribution < -0.4 is 5.32 Å². The van der Waals surface area contributed by atoms with Crippen molar-refractivity contribution in [3.63, 3.8) is 0 Å². The van der Waals surface area contributed by atoms with E-state index in [0.29, 0.717) is 6.54 Å². The highest BCUT2D eigenvalue weighted by Gasteiger charge is 2.34. The molecule has 86 valence electrons. The van der Waals surface area contributed by atoms with Gasteiger partial charge in [0.05, 0.1) is 6.61 Å². The van der Waals surface area contributed by atoms with Crippen molar-refractivity contribution in [1.82, 2.24) is 5.32 Å². The minimum atomic E-state index is -0.000588. The molecule has 0 aromatic rings. The van der Waals surface area contributed by atoms with Gasteiger partial charge in [-0.1, -0.05) is 19.3 Å². The van der Waals surface area contributed by atoms with Gasteiger partial charge in [0.15, 0.2) is 0 Å². The van der Waals surface area contributed by atoms with E-state index in [4.69, 9.17) is 0 Å². The number of nitrogens with one attached hydrogen (secondary N) is 1. The summed E-state index contributed by atoms with van der Waals surface area (Å²) in [6, 6.07) is 0. The van der Waals surface area contributed by atoms with Crippen molar-refractivity contribution >= 4 is 5.91 Å². The highest BCUT2D eigenvalue weighted by Crippen LogP contribution is 2.37. The Morgan fingerprint density at radius 3 is 2.40 bits per heavy atom. The van der Waals surface area contributed by atoms with Crippen LogP contribution in [0.25, 0.3) is 0 Å². The molecule has 0 aromatic heterocycles. The SMILES string of the molecule is O=C(NCC1(CO)CCCC1)C1CCC1. The van der Waals surface area contributed by atoms with Crippen LogP contribution in [-0.4, -0.2) is 24.2 Å². The highest BCUT2D eigenvalue weighted by molar-refractivity contribution is 5.79. The largest absolute Gasteiger partial charge is 0.396 e. The number of carbonyl (C=O) groups excluding carboxylic acids is 1. The molecule has 3 heteroatoms. The Morgan fingerprint density at radius 2 is 1.93 bits per heavy atom. The molecule has 0 saturated heterocycles. The monoisotopic (exact) mass is 211 g/mol. The molecule has 2 rings (SSSR count). The second-order valence-electron chi connectivity index (χ2n) is 5.21. The molecule has 2 saturated carbocycles. The molecule has 0 aromatic carbocycles. The van der Waals surface area contributed by atoms with Gasteiger partial charge in [0.25, 0.3) is 0 Å². The zero-order valence-electron chi connectivity index (χ0n) is 9.30. The fourth-order valence-corrected chi connectivity index (χ4v) is 2.61. The Kier molecular flexibility index (Phi) is 3.29. The van der Waals surface area contributed by atoms with Gasteiger partial charge in [-0.2, -0.15) is 0 Å². The fourth-order valence-electron chi connectivity index (χ4n) is 2.61. The predicted molar refractivity (Wildman–Crippen MR) is 58.3 cm³/mol. The molecule has 0 spiro atoms. The van der Waals surface area contributed by atoms with Gasteiger partial charge in [-0.25, -0.2) is 0 Å². The Labute approximate surface area is 91.2 Å². The van der Waals surface area contributed by atoms with Gasteiger partial charge in [-0.05, 0) is 25.7 Å². The van der Waals surface area contributed by atoms with E-state index >= 15 is 0 Å². The summed E-state index contributed by atoms with van der Waals surface area (Å²) in [5.74, 6) is 0.475. The minimum Gasteiger partial charge on any atom is -0.396 e. The van der Waals surface area contributed by atoms with E-state index in [1.165, 1.54) is 19.3 Å². The van der Waals surface area contributed by atoms with E-state index in [1.54, 1.807) is 0 Å². The molecule has 0 aliphatic heterocycles. The number of hydrogen-bond acceptors (Lipinski definition) is 2. The van der Waals surface area contributed by atoms with E-state index in [2.05, 4.69) is 5.32 Å². The van der Waals surface area contributed by atoms with Crippen LogP contribution in [0, 0.1) is 11.3 Å². The summed E-state index contributed by atoms with van der Waals surface area (Å²) in [7, 11) is 0. The average Bonchev–Trinajstić information content (AvgIpc) is 2.61. The van der Waals surface area contributed by atoms with Gasteiger partial charge in [0.1, 0.15) is 0 Å². The lowest BCUT2D eigenvalue weighted by Crippen LogP contribution is -2.42. The minimum absolute atomic E-state index is 0.000588. The number of hydrogen-bond donors (Lipinski definition) is 2. The van der Waals surface area contributed by atoms with Crippen molar-refractivity contribution in [2.75, 3.05) is 13.2 Å². The molecule has 0 unspecified atom stereocenters. The maximum Gasteiger partial charge on any atom is 0.223 e. The standard InChI is InChI=1S/C12H21NO2/c14-9-12(6-1-2-7-12)8-13-11(15)10-4-3-5-10/h10,14H,1-9H2,(H,13,15). The van der Waals surface area contributed by atoms with Crippen LogP contribution >= 0.6 is 0 Å². The van der Waals surface area contributed by atoms with Gasteiger partial charge in [-0.3, -0.25) is 4.79 Å². The lowest BCUT2D eigenvalue weighted by atomic mass is 9.83. The van der Waals surface area contributed by atoms with Crippen LogP contribution in [0.5, 0.6) is 0 Å². The van der Waals surface area contributed by atoms with Gasteiger partial charge in [-0.15, -0.1) is 0 Å². The molecule has 2 N–H and O–H groups in total. The van der Waals surface area contributed by atoms with Gasteiger partial charge < -0.3 is 10.4 Å². The Bertz CT molecular complexity index is 230. The molecule has 0 heterocycles. The molecule has 0 bridgehead atoms. The predicted octanol–water partition coefficient (Wildman–Crippen LogP) is 1.46. The molecule has 2 aliphatic carbocycles. The van der Waals surface area contributed by atoms with Crippen molar-refractivity contribution in [2.24, 2.45) is 11.3 Å². The number of amides is 1. The van der Waals surface area contributed by atoms with Crippen LogP contribution in [0.15, 0.2) is 0 Å². The zero-order valence-corrected chi connectivity index (χ0v) is 9.30. The topological polar surface area (TPSA) is 49.3 Å². The van der Waals surface area contributed by atoms with Crippen LogP contribution in [0.3, 0.4) is 0 Å². The second-order valence-corrected chi connectivity index (χ2v) is 5.21. The second kappa shape index (κ2) is 4.52. The summed E-state index contributed by atoms with van der Waals surface area (Å²) in [4.78, 5) is 11.6. The summed E-state index contributed by atoms with van der Waals surface area (Å²) in [6.45, 7) is 0.900. The zero-order chi connectivity index (χ0) is 10.7. The van der Waals surface area contributed by atoms with E-state index in [9.17, 15) is 9.90 Å². The molecular weight excluding hydrogens is 190 g/mol. The summed E-state index contributed by atoms with van der Waals surface area (Å²) in [6.07, 6.45) is 7.82. The van der Waals surface area contributed by atoms with Crippen molar-refractivity contribution in [1.29, 1.82) is 0 Å². The van der Waals surface area contributed by atoms with Crippen molar-refractivity contribution in [3.05, 3.63) is 0 Å². The van der Waals surface area contributed by atoms with E-state index in [-0.39, 0.29) is 23.8 Å². The number of aliphatic hydroxyl groups is 1. The number of carbonyl (C=O) groups is 1. The summed E-state index contributed by atoms with van der Waals surface area (Å²) >= 11 is 0. The third-order valence-corrected chi connectivity index (χ3v) is 4.11. The fraction of sp³-hybridized carbons (Fsp3) is 0.917. The molecule has 3 nitrogen and oxygen atoms in total. The third kappa shape index (κ3) is 2.33. The number of aliphatic hydroxyl groups excluding tert-OH is 1. The van der Waals surface area contributed by atoms with E-state index in [0.717, 1.165) is 25.7 Å². The maximum atomic E-state index is 11.6. The Balaban J connectivity index is 1.77. The third-order valence-electron chi connectivity index (χ3n) is 4.11. The van der Waals surface area contributed by atoms with Crippen molar-refractivity contribution < 1.29 is 9.90 Å². The van der Waals surface area contributed by atoms with Gasteiger partial charge >= 0.3 is 0 Å². The average molecular weight is 211 g/mol. The van der Waals surface area contributed by atoms with Crippen LogP contribution in [0.4, 0.5) is 0 Å². The molecule has 15 heavy (non-hydrogen) atoms. The molecular formula is C12H21NO2. The van der Waals surface area contributed by atoms with Crippen molar-refractivity contribution in [3.8, 4) is 0 Å². The first-order valence-electron chi connectivity index (χ1n) is 6.14. The first-order valence-corrected chi connectivity index (χ1v) is 6.14. The molecule has 1 amide bonds. The lowest BCUT2D eigenvalue weighted by molar-refractivity contribution is -0.128. The van der Waals surface area contributed by atoms with Crippen LogP contribution in [0.1, 0.15) is 44.9 Å². The summed E-state index contributed by atoms with van der Waals surface area (Å²) in [5, 5.41) is 12.4. The molecule has 0 radical (unpaired) electrons. The smallest absolute Gasteiger partial charge is 0.223 e.